The molecule has 3 aromatic rings. The lowest BCUT2D eigenvalue weighted by Gasteiger charge is -2.26. The number of benzene rings is 3. The van der Waals surface area contributed by atoms with Crippen LogP contribution < -0.4 is 4.90 Å². The lowest BCUT2D eigenvalue weighted by Crippen LogP contribution is -2.11. The fourth-order valence-corrected chi connectivity index (χ4v) is 2.40. The first kappa shape index (κ1) is 13.4. The van der Waals surface area contributed by atoms with Gasteiger partial charge in [0.25, 0.3) is 0 Å². The SMILES string of the molecule is Cc1cccc(N(c2ccccc2)c2ccccc2F)c1. The molecule has 0 amide bonds. The third-order valence-corrected chi connectivity index (χ3v) is 3.37. The van der Waals surface area contributed by atoms with E-state index in [4.69, 9.17) is 0 Å². The average Bonchev–Trinajstić information content (AvgIpc) is 2.51. The van der Waals surface area contributed by atoms with E-state index in [0.29, 0.717) is 5.69 Å². The first-order chi connectivity index (χ1) is 10.3. The second-order valence-electron chi connectivity index (χ2n) is 4.96. The Kier molecular flexibility index (Phi) is 3.69. The standard InChI is InChI=1S/C19H16FN/c1-15-8-7-11-17(14-15)21(16-9-3-2-4-10-16)19-13-6-5-12-18(19)20/h2-14H,1H3. The molecule has 0 N–H and O–H groups in total. The van der Waals surface area contributed by atoms with Crippen molar-refractivity contribution in [1.29, 1.82) is 0 Å². The van der Waals surface area contributed by atoms with E-state index in [1.165, 1.54) is 6.07 Å². The summed E-state index contributed by atoms with van der Waals surface area (Å²) in [5.74, 6) is -0.233. The van der Waals surface area contributed by atoms with Gasteiger partial charge in [-0.2, -0.15) is 0 Å². The zero-order valence-electron chi connectivity index (χ0n) is 11.8. The molecule has 0 atom stereocenters. The summed E-state index contributed by atoms with van der Waals surface area (Å²) in [6.45, 7) is 2.04. The highest BCUT2D eigenvalue weighted by Gasteiger charge is 2.15. The van der Waals surface area contributed by atoms with Crippen LogP contribution in [-0.4, -0.2) is 0 Å². The summed E-state index contributed by atoms with van der Waals surface area (Å²) in [7, 11) is 0. The molecule has 0 fully saturated rings. The molecule has 0 bridgehead atoms. The summed E-state index contributed by atoms with van der Waals surface area (Å²) in [6, 6.07) is 24.7. The predicted octanol–water partition coefficient (Wildman–Crippen LogP) is 5.60. The van der Waals surface area contributed by atoms with Gasteiger partial charge in [-0.3, -0.25) is 0 Å². The van der Waals surface area contributed by atoms with E-state index in [2.05, 4.69) is 6.07 Å². The van der Waals surface area contributed by atoms with Crippen LogP contribution in [0.5, 0.6) is 0 Å². The van der Waals surface area contributed by atoms with Gasteiger partial charge in [-0.15, -0.1) is 0 Å². The third kappa shape index (κ3) is 2.79. The molecule has 3 aromatic carbocycles. The zero-order valence-corrected chi connectivity index (χ0v) is 11.8. The lowest BCUT2D eigenvalue weighted by molar-refractivity contribution is 0.629. The number of nitrogens with zero attached hydrogens (tertiary/aromatic N) is 1. The van der Waals surface area contributed by atoms with Crippen LogP contribution in [0, 0.1) is 12.7 Å². The summed E-state index contributed by atoms with van der Waals surface area (Å²) in [5.41, 5.74) is 3.58. The van der Waals surface area contributed by atoms with Crippen molar-refractivity contribution in [2.24, 2.45) is 0 Å². The summed E-state index contributed by atoms with van der Waals surface area (Å²) < 4.78 is 14.3. The van der Waals surface area contributed by atoms with E-state index < -0.39 is 0 Å². The van der Waals surface area contributed by atoms with Crippen LogP contribution in [0.15, 0.2) is 78.9 Å². The van der Waals surface area contributed by atoms with E-state index in [1.54, 1.807) is 12.1 Å². The van der Waals surface area contributed by atoms with Crippen molar-refractivity contribution in [2.75, 3.05) is 4.90 Å². The first-order valence-electron chi connectivity index (χ1n) is 6.92. The minimum atomic E-state index is -0.233. The van der Waals surface area contributed by atoms with Gasteiger partial charge in [-0.05, 0) is 48.9 Å². The van der Waals surface area contributed by atoms with Crippen LogP contribution in [0.4, 0.5) is 21.5 Å². The molecule has 104 valence electrons. The maximum atomic E-state index is 14.3. The van der Waals surface area contributed by atoms with Gasteiger partial charge < -0.3 is 4.90 Å². The Hall–Kier alpha value is -2.61. The minimum Gasteiger partial charge on any atom is -0.308 e. The number of aryl methyl sites for hydroxylation is 1. The van der Waals surface area contributed by atoms with Crippen molar-refractivity contribution >= 4 is 17.1 Å². The number of hydrogen-bond acceptors (Lipinski definition) is 1. The topological polar surface area (TPSA) is 3.24 Å². The second-order valence-corrected chi connectivity index (χ2v) is 4.96. The van der Waals surface area contributed by atoms with Gasteiger partial charge >= 0.3 is 0 Å². The molecule has 1 nitrogen and oxygen atoms in total. The van der Waals surface area contributed by atoms with Gasteiger partial charge in [-0.25, -0.2) is 4.39 Å². The Morgan fingerprint density at radius 1 is 0.714 bits per heavy atom. The van der Waals surface area contributed by atoms with Crippen LogP contribution >= 0.6 is 0 Å². The monoisotopic (exact) mass is 277 g/mol. The van der Waals surface area contributed by atoms with Crippen LogP contribution in [0.2, 0.25) is 0 Å². The third-order valence-electron chi connectivity index (χ3n) is 3.37. The largest absolute Gasteiger partial charge is 0.308 e. The fraction of sp³-hybridized carbons (Fsp3) is 0.0526. The maximum absolute atomic E-state index is 14.3. The van der Waals surface area contributed by atoms with E-state index in [0.717, 1.165) is 16.9 Å². The smallest absolute Gasteiger partial charge is 0.147 e. The Labute approximate surface area is 124 Å². The first-order valence-corrected chi connectivity index (χ1v) is 6.92. The van der Waals surface area contributed by atoms with Gasteiger partial charge in [0.2, 0.25) is 0 Å². The molecule has 21 heavy (non-hydrogen) atoms. The van der Waals surface area contributed by atoms with Crippen molar-refractivity contribution < 1.29 is 4.39 Å². The van der Waals surface area contributed by atoms with Crippen molar-refractivity contribution in [3.05, 3.63) is 90.2 Å². The van der Waals surface area contributed by atoms with Crippen LogP contribution in [0.1, 0.15) is 5.56 Å². The van der Waals surface area contributed by atoms with Gasteiger partial charge in [0.05, 0.1) is 5.69 Å². The van der Waals surface area contributed by atoms with E-state index in [-0.39, 0.29) is 5.82 Å². The molecule has 0 aromatic heterocycles. The van der Waals surface area contributed by atoms with Crippen molar-refractivity contribution in [2.45, 2.75) is 6.92 Å². The summed E-state index contributed by atoms with van der Waals surface area (Å²) in [6.07, 6.45) is 0. The number of halogens is 1. The summed E-state index contributed by atoms with van der Waals surface area (Å²) in [5, 5.41) is 0. The molecular weight excluding hydrogens is 261 g/mol. The summed E-state index contributed by atoms with van der Waals surface area (Å²) in [4.78, 5) is 1.93. The Morgan fingerprint density at radius 3 is 2.10 bits per heavy atom. The Balaban J connectivity index is 2.19. The number of hydrogen-bond donors (Lipinski definition) is 0. The molecular formula is C19H16FN. The normalized spacial score (nSPS) is 10.4. The van der Waals surface area contributed by atoms with Crippen LogP contribution in [0.3, 0.4) is 0 Å². The fourth-order valence-electron chi connectivity index (χ4n) is 2.40. The van der Waals surface area contributed by atoms with E-state index in [1.807, 2.05) is 66.4 Å². The highest BCUT2D eigenvalue weighted by atomic mass is 19.1. The lowest BCUT2D eigenvalue weighted by atomic mass is 10.1. The molecule has 0 radical (unpaired) electrons. The van der Waals surface area contributed by atoms with Gasteiger partial charge in [-0.1, -0.05) is 42.5 Å². The van der Waals surface area contributed by atoms with Crippen molar-refractivity contribution in [1.82, 2.24) is 0 Å². The van der Waals surface area contributed by atoms with E-state index in [9.17, 15) is 4.39 Å². The van der Waals surface area contributed by atoms with Crippen LogP contribution in [0.25, 0.3) is 0 Å². The Morgan fingerprint density at radius 2 is 1.38 bits per heavy atom. The Bertz CT molecular complexity index is 737. The number of para-hydroxylation sites is 2. The molecule has 2 heteroatoms. The van der Waals surface area contributed by atoms with Gasteiger partial charge in [0, 0.05) is 11.4 Å². The number of rotatable bonds is 3. The van der Waals surface area contributed by atoms with Crippen molar-refractivity contribution in [3.8, 4) is 0 Å². The average molecular weight is 277 g/mol. The van der Waals surface area contributed by atoms with Crippen LogP contribution in [-0.2, 0) is 0 Å². The maximum Gasteiger partial charge on any atom is 0.147 e. The van der Waals surface area contributed by atoms with Crippen molar-refractivity contribution in [3.63, 3.8) is 0 Å². The van der Waals surface area contributed by atoms with Gasteiger partial charge in [0.1, 0.15) is 5.82 Å². The molecule has 0 spiro atoms. The number of anilines is 3. The molecule has 0 aliphatic carbocycles. The van der Waals surface area contributed by atoms with Gasteiger partial charge in [0.15, 0.2) is 0 Å². The molecule has 0 aliphatic rings. The minimum absolute atomic E-state index is 0.233. The molecule has 3 rings (SSSR count). The highest BCUT2D eigenvalue weighted by molar-refractivity contribution is 5.76. The molecule has 0 saturated heterocycles. The predicted molar refractivity (Wildman–Crippen MR) is 85.8 cm³/mol. The molecule has 0 saturated carbocycles. The molecule has 0 heterocycles. The zero-order chi connectivity index (χ0) is 14.7. The molecule has 0 aliphatic heterocycles. The van der Waals surface area contributed by atoms with E-state index >= 15 is 0 Å². The quantitative estimate of drug-likeness (QED) is 0.602. The summed E-state index contributed by atoms with van der Waals surface area (Å²) >= 11 is 0. The second kappa shape index (κ2) is 5.80. The molecule has 0 unspecified atom stereocenters. The highest BCUT2D eigenvalue weighted by Crippen LogP contribution is 2.35.